The summed E-state index contributed by atoms with van der Waals surface area (Å²) in [6.45, 7) is 3.16. The lowest BCUT2D eigenvalue weighted by Gasteiger charge is -1.98. The van der Waals surface area contributed by atoms with E-state index in [-0.39, 0.29) is 5.16 Å². The number of H-pyrrole nitrogens is 1. The van der Waals surface area contributed by atoms with Gasteiger partial charge in [0.25, 0.3) is 15.2 Å². The quantitative estimate of drug-likeness (QED) is 0.640. The third kappa shape index (κ3) is 3.94. The summed E-state index contributed by atoms with van der Waals surface area (Å²) in [4.78, 5) is 3.72. The van der Waals surface area contributed by atoms with Gasteiger partial charge in [0.1, 0.15) is 5.82 Å². The highest BCUT2D eigenvalue weighted by Gasteiger charge is 2.14. The molecule has 1 heterocycles. The Labute approximate surface area is 88.1 Å². The number of hydrogen-bond donors (Lipinski definition) is 2. The average Bonchev–Trinajstić information content (AvgIpc) is 2.60. The predicted octanol–water partition coefficient (Wildman–Crippen LogP) is -0.579. The zero-order valence-corrected chi connectivity index (χ0v) is 9.25. The minimum Gasteiger partial charge on any atom is -0.381 e. The van der Waals surface area contributed by atoms with Crippen LogP contribution in [0.5, 0.6) is 0 Å². The molecule has 0 fully saturated rings. The summed E-state index contributed by atoms with van der Waals surface area (Å²) in [6.07, 6.45) is 1.43. The van der Waals surface area contributed by atoms with Crippen LogP contribution in [0.2, 0.25) is 0 Å². The molecule has 0 aliphatic heterocycles. The van der Waals surface area contributed by atoms with E-state index in [0.717, 1.165) is 6.42 Å². The Balaban J connectivity index is 2.47. The van der Waals surface area contributed by atoms with Crippen molar-refractivity contribution in [1.82, 2.24) is 15.2 Å². The van der Waals surface area contributed by atoms with Gasteiger partial charge in [-0.1, -0.05) is 6.92 Å². The molecule has 1 aromatic heterocycles. The van der Waals surface area contributed by atoms with E-state index >= 15 is 0 Å². The fourth-order valence-corrected chi connectivity index (χ4v) is 1.34. The third-order valence-corrected chi connectivity index (χ3v) is 2.29. The monoisotopic (exact) mass is 234 g/mol. The lowest BCUT2D eigenvalue weighted by atomic mass is 10.4. The molecule has 1 aromatic rings. The maximum Gasteiger partial charge on any atom is 0.282 e. The van der Waals surface area contributed by atoms with Gasteiger partial charge in [-0.25, -0.2) is 18.5 Å². The largest absolute Gasteiger partial charge is 0.381 e. The SMILES string of the molecule is CCCOCCc1nc(S(N)(=O)=O)n[nH]1. The summed E-state index contributed by atoms with van der Waals surface area (Å²) >= 11 is 0. The number of aromatic amines is 1. The van der Waals surface area contributed by atoms with Gasteiger partial charge < -0.3 is 4.74 Å². The molecule has 0 saturated carbocycles. The van der Waals surface area contributed by atoms with E-state index in [1.54, 1.807) is 0 Å². The number of nitrogens with zero attached hydrogens (tertiary/aromatic N) is 2. The van der Waals surface area contributed by atoms with Crippen molar-refractivity contribution in [2.75, 3.05) is 13.2 Å². The van der Waals surface area contributed by atoms with E-state index in [4.69, 9.17) is 9.88 Å². The highest BCUT2D eigenvalue weighted by atomic mass is 32.2. The molecule has 7 nitrogen and oxygen atoms in total. The topological polar surface area (TPSA) is 111 Å². The van der Waals surface area contributed by atoms with Crippen LogP contribution in [0.1, 0.15) is 19.2 Å². The predicted molar refractivity (Wildman–Crippen MR) is 52.6 cm³/mol. The number of nitrogens with two attached hydrogens (primary N) is 1. The van der Waals surface area contributed by atoms with Crippen molar-refractivity contribution in [3.05, 3.63) is 5.82 Å². The second kappa shape index (κ2) is 5.19. The molecule has 1 rings (SSSR count). The van der Waals surface area contributed by atoms with Crippen molar-refractivity contribution in [1.29, 1.82) is 0 Å². The van der Waals surface area contributed by atoms with Crippen LogP contribution in [-0.2, 0) is 21.2 Å². The fourth-order valence-electron chi connectivity index (χ4n) is 0.932. The standard InChI is InChI=1S/C7H14N4O3S/c1-2-4-14-5-3-6-9-7(11-10-6)15(8,12)13/h2-5H2,1H3,(H2,8,12,13)(H,9,10,11). The average molecular weight is 234 g/mol. The summed E-state index contributed by atoms with van der Waals surface area (Å²) in [5.41, 5.74) is 0. The summed E-state index contributed by atoms with van der Waals surface area (Å²) in [7, 11) is -3.81. The normalized spacial score (nSPS) is 11.9. The first kappa shape index (κ1) is 12.1. The van der Waals surface area contributed by atoms with Gasteiger partial charge in [-0.2, -0.15) is 0 Å². The lowest BCUT2D eigenvalue weighted by Crippen LogP contribution is -2.14. The van der Waals surface area contributed by atoms with Crippen LogP contribution in [0.3, 0.4) is 0 Å². The van der Waals surface area contributed by atoms with E-state index in [9.17, 15) is 8.42 Å². The second-order valence-electron chi connectivity index (χ2n) is 2.97. The summed E-state index contributed by atoms with van der Waals surface area (Å²) in [5, 5.41) is 10.4. The Morgan fingerprint density at radius 2 is 2.20 bits per heavy atom. The molecule has 0 unspecified atom stereocenters. The van der Waals surface area contributed by atoms with Crippen molar-refractivity contribution >= 4 is 10.0 Å². The Bertz CT molecular complexity index is 400. The molecule has 3 N–H and O–H groups in total. The minimum atomic E-state index is -3.81. The first-order valence-corrected chi connectivity index (χ1v) is 6.10. The van der Waals surface area contributed by atoms with Gasteiger partial charge in [-0.15, -0.1) is 5.10 Å². The smallest absolute Gasteiger partial charge is 0.282 e. The van der Waals surface area contributed by atoms with Crippen molar-refractivity contribution in [3.8, 4) is 0 Å². The van der Waals surface area contributed by atoms with Crippen LogP contribution in [0.15, 0.2) is 5.16 Å². The van der Waals surface area contributed by atoms with E-state index in [1.807, 2.05) is 6.92 Å². The van der Waals surface area contributed by atoms with Crippen molar-refractivity contribution in [2.24, 2.45) is 5.14 Å². The molecule has 0 atom stereocenters. The van der Waals surface area contributed by atoms with Crippen LogP contribution >= 0.6 is 0 Å². The first-order valence-electron chi connectivity index (χ1n) is 4.56. The number of rotatable bonds is 6. The van der Waals surface area contributed by atoms with E-state index in [0.29, 0.717) is 25.5 Å². The Hall–Kier alpha value is -0.990. The molecular formula is C7H14N4O3S. The van der Waals surface area contributed by atoms with Gasteiger partial charge in [0, 0.05) is 13.0 Å². The lowest BCUT2D eigenvalue weighted by molar-refractivity contribution is 0.136. The van der Waals surface area contributed by atoms with Crippen LogP contribution in [0, 0.1) is 0 Å². The summed E-state index contributed by atoms with van der Waals surface area (Å²) < 4.78 is 26.9. The number of sulfonamides is 1. The third-order valence-electron chi connectivity index (χ3n) is 1.60. The van der Waals surface area contributed by atoms with Crippen molar-refractivity contribution in [3.63, 3.8) is 0 Å². The molecule has 15 heavy (non-hydrogen) atoms. The molecule has 0 spiro atoms. The fraction of sp³-hybridized carbons (Fsp3) is 0.714. The molecular weight excluding hydrogens is 220 g/mol. The number of hydrogen-bond acceptors (Lipinski definition) is 5. The number of ether oxygens (including phenoxy) is 1. The van der Waals surface area contributed by atoms with E-state index in [1.165, 1.54) is 0 Å². The first-order chi connectivity index (χ1) is 7.04. The Morgan fingerprint density at radius 1 is 1.47 bits per heavy atom. The zero-order valence-electron chi connectivity index (χ0n) is 8.43. The highest BCUT2D eigenvalue weighted by Crippen LogP contribution is 1.99. The van der Waals surface area contributed by atoms with Gasteiger partial charge in [-0.05, 0) is 6.42 Å². The van der Waals surface area contributed by atoms with Crippen molar-refractivity contribution < 1.29 is 13.2 Å². The van der Waals surface area contributed by atoms with Gasteiger partial charge in [0.2, 0.25) is 0 Å². The number of primary sulfonamides is 1. The molecule has 0 amide bonds. The second-order valence-corrected chi connectivity index (χ2v) is 4.43. The van der Waals surface area contributed by atoms with Gasteiger partial charge >= 0.3 is 0 Å². The molecule has 0 aliphatic rings. The van der Waals surface area contributed by atoms with Gasteiger partial charge in [-0.3, -0.25) is 5.10 Å². The molecule has 86 valence electrons. The molecule has 0 aromatic carbocycles. The molecule has 8 heteroatoms. The zero-order chi connectivity index (χ0) is 11.3. The van der Waals surface area contributed by atoms with Crippen LogP contribution in [0.4, 0.5) is 0 Å². The summed E-state index contributed by atoms with van der Waals surface area (Å²) in [6, 6.07) is 0. The molecule has 0 radical (unpaired) electrons. The number of nitrogens with one attached hydrogen (secondary N) is 1. The molecule has 0 aliphatic carbocycles. The Kier molecular flexibility index (Phi) is 4.18. The highest BCUT2D eigenvalue weighted by molar-refractivity contribution is 7.89. The van der Waals surface area contributed by atoms with Gasteiger partial charge in [0.05, 0.1) is 6.61 Å². The number of aromatic nitrogens is 3. The van der Waals surface area contributed by atoms with Crippen molar-refractivity contribution in [2.45, 2.75) is 24.9 Å². The maximum atomic E-state index is 10.8. The van der Waals surface area contributed by atoms with Gasteiger partial charge in [0.15, 0.2) is 0 Å². The minimum absolute atomic E-state index is 0.381. The Morgan fingerprint density at radius 3 is 2.73 bits per heavy atom. The molecule has 0 bridgehead atoms. The molecule has 0 saturated heterocycles. The van der Waals surface area contributed by atoms with Crippen LogP contribution in [0.25, 0.3) is 0 Å². The van der Waals surface area contributed by atoms with E-state index in [2.05, 4.69) is 15.2 Å². The summed E-state index contributed by atoms with van der Waals surface area (Å²) in [5.74, 6) is 0.454. The maximum absolute atomic E-state index is 10.8. The van der Waals surface area contributed by atoms with Crippen LogP contribution in [-0.4, -0.2) is 36.8 Å². The van der Waals surface area contributed by atoms with Crippen LogP contribution < -0.4 is 5.14 Å². The van der Waals surface area contributed by atoms with E-state index < -0.39 is 10.0 Å².